The Kier molecular flexibility index (Phi) is 4.79. The quantitative estimate of drug-likeness (QED) is 0.904. The van der Waals surface area contributed by atoms with E-state index in [0.29, 0.717) is 30.3 Å². The smallest absolute Gasteiger partial charge is 0.243 e. The number of hydrogen-bond acceptors (Lipinski definition) is 5. The van der Waals surface area contributed by atoms with E-state index in [1.54, 1.807) is 34.6 Å². The van der Waals surface area contributed by atoms with Gasteiger partial charge in [0.1, 0.15) is 0 Å². The summed E-state index contributed by atoms with van der Waals surface area (Å²) in [6.45, 7) is 2.04. The molecule has 0 radical (unpaired) electrons. The summed E-state index contributed by atoms with van der Waals surface area (Å²) in [5, 5.41) is 6.84. The summed E-state index contributed by atoms with van der Waals surface area (Å²) in [7, 11) is -1.60. The first-order chi connectivity index (χ1) is 11.1. The maximum atomic E-state index is 13.0. The van der Waals surface area contributed by atoms with Crippen LogP contribution in [-0.2, 0) is 10.0 Å². The number of rotatable bonds is 5. The minimum atomic E-state index is -3.53. The molecule has 23 heavy (non-hydrogen) atoms. The van der Waals surface area contributed by atoms with Crippen LogP contribution in [0, 0.1) is 5.92 Å². The van der Waals surface area contributed by atoms with Gasteiger partial charge >= 0.3 is 0 Å². The van der Waals surface area contributed by atoms with E-state index in [1.807, 2.05) is 7.05 Å². The summed E-state index contributed by atoms with van der Waals surface area (Å²) >= 11 is 0. The van der Waals surface area contributed by atoms with Gasteiger partial charge in [-0.2, -0.15) is 4.31 Å². The van der Waals surface area contributed by atoms with Gasteiger partial charge in [-0.1, -0.05) is 17.3 Å². The number of hydrogen-bond donors (Lipinski definition) is 1. The van der Waals surface area contributed by atoms with Crippen LogP contribution in [0.15, 0.2) is 45.9 Å². The summed E-state index contributed by atoms with van der Waals surface area (Å²) in [4.78, 5) is 0.281. The molecule has 2 heterocycles. The monoisotopic (exact) mass is 335 g/mol. The fourth-order valence-electron chi connectivity index (χ4n) is 3.03. The molecule has 0 amide bonds. The van der Waals surface area contributed by atoms with Crippen LogP contribution in [0.3, 0.4) is 0 Å². The first kappa shape index (κ1) is 16.2. The Balaban J connectivity index is 1.87. The number of nitrogens with one attached hydrogen (secondary N) is 1. The van der Waals surface area contributed by atoms with E-state index in [4.69, 9.17) is 4.52 Å². The van der Waals surface area contributed by atoms with Crippen LogP contribution < -0.4 is 5.32 Å². The van der Waals surface area contributed by atoms with E-state index in [0.717, 1.165) is 19.4 Å². The molecule has 0 saturated carbocycles. The van der Waals surface area contributed by atoms with E-state index in [1.165, 1.54) is 6.20 Å². The van der Waals surface area contributed by atoms with Crippen molar-refractivity contribution in [3.8, 4) is 11.3 Å². The van der Waals surface area contributed by atoms with Crippen LogP contribution >= 0.6 is 0 Å². The fraction of sp³-hybridized carbons (Fsp3) is 0.438. The summed E-state index contributed by atoms with van der Waals surface area (Å²) in [6, 6.07) is 8.60. The van der Waals surface area contributed by atoms with Crippen molar-refractivity contribution >= 4 is 10.0 Å². The zero-order valence-corrected chi connectivity index (χ0v) is 13.9. The molecule has 6 nitrogen and oxygen atoms in total. The number of nitrogens with zero attached hydrogens (tertiary/aromatic N) is 2. The number of aromatic nitrogens is 1. The molecule has 3 rings (SSSR count). The van der Waals surface area contributed by atoms with Crippen molar-refractivity contribution in [1.82, 2.24) is 14.8 Å². The highest BCUT2D eigenvalue weighted by molar-refractivity contribution is 7.89. The second-order valence-corrected chi connectivity index (χ2v) is 7.68. The molecule has 1 saturated heterocycles. The van der Waals surface area contributed by atoms with Gasteiger partial charge in [-0.3, -0.25) is 0 Å². The Morgan fingerprint density at radius 2 is 2.00 bits per heavy atom. The van der Waals surface area contributed by atoms with Gasteiger partial charge in [0, 0.05) is 24.7 Å². The molecule has 7 heteroatoms. The van der Waals surface area contributed by atoms with E-state index in [9.17, 15) is 8.42 Å². The molecule has 1 aromatic heterocycles. The summed E-state index contributed by atoms with van der Waals surface area (Å²) < 4.78 is 32.8. The van der Waals surface area contributed by atoms with Gasteiger partial charge < -0.3 is 9.84 Å². The average molecular weight is 335 g/mol. The maximum Gasteiger partial charge on any atom is 0.243 e. The second-order valence-electron chi connectivity index (χ2n) is 5.78. The first-order valence-corrected chi connectivity index (χ1v) is 9.22. The molecule has 0 aliphatic carbocycles. The van der Waals surface area contributed by atoms with E-state index >= 15 is 0 Å². The molecule has 1 N–H and O–H groups in total. The van der Waals surface area contributed by atoms with E-state index < -0.39 is 10.0 Å². The number of benzene rings is 1. The highest BCUT2D eigenvalue weighted by Crippen LogP contribution is 2.31. The number of piperidine rings is 1. The SMILES string of the molecule is CNCC1CCN(S(=O)(=O)c2ccccc2-c2ccno2)CC1. The van der Waals surface area contributed by atoms with Gasteiger partial charge in [-0.25, -0.2) is 8.42 Å². The number of sulfonamides is 1. The molecule has 2 aromatic rings. The average Bonchev–Trinajstić information content (AvgIpc) is 3.10. The van der Waals surface area contributed by atoms with Gasteiger partial charge in [0.2, 0.25) is 10.0 Å². The largest absolute Gasteiger partial charge is 0.356 e. The van der Waals surface area contributed by atoms with E-state index in [-0.39, 0.29) is 4.90 Å². The lowest BCUT2D eigenvalue weighted by molar-refractivity contribution is 0.270. The Hall–Kier alpha value is -1.70. The normalized spacial score (nSPS) is 17.4. The van der Waals surface area contributed by atoms with Crippen molar-refractivity contribution in [2.24, 2.45) is 5.92 Å². The Labute approximate surface area is 136 Å². The van der Waals surface area contributed by atoms with Gasteiger partial charge in [0.05, 0.1) is 11.1 Å². The van der Waals surface area contributed by atoms with Crippen LogP contribution in [0.25, 0.3) is 11.3 Å². The van der Waals surface area contributed by atoms with Crippen molar-refractivity contribution in [3.63, 3.8) is 0 Å². The summed E-state index contributed by atoms with van der Waals surface area (Å²) in [5.74, 6) is 1.00. The first-order valence-electron chi connectivity index (χ1n) is 7.78. The Morgan fingerprint density at radius 3 is 2.65 bits per heavy atom. The van der Waals surface area contributed by atoms with Crippen molar-refractivity contribution in [2.75, 3.05) is 26.7 Å². The summed E-state index contributed by atoms with van der Waals surface area (Å²) in [6.07, 6.45) is 3.27. The van der Waals surface area contributed by atoms with Crippen molar-refractivity contribution < 1.29 is 12.9 Å². The fourth-order valence-corrected chi connectivity index (χ4v) is 4.70. The molecule has 0 unspecified atom stereocenters. The van der Waals surface area contributed by atoms with Crippen molar-refractivity contribution in [3.05, 3.63) is 36.5 Å². The minimum Gasteiger partial charge on any atom is -0.356 e. The zero-order chi connectivity index (χ0) is 16.3. The lowest BCUT2D eigenvalue weighted by Crippen LogP contribution is -2.40. The Morgan fingerprint density at radius 1 is 1.26 bits per heavy atom. The predicted octanol–water partition coefficient (Wildman–Crippen LogP) is 1.96. The molecular formula is C16H21N3O3S. The molecule has 1 aliphatic heterocycles. The van der Waals surface area contributed by atoms with E-state index in [2.05, 4.69) is 10.5 Å². The molecule has 1 aromatic carbocycles. The predicted molar refractivity (Wildman–Crippen MR) is 87.3 cm³/mol. The van der Waals surface area contributed by atoms with Crippen molar-refractivity contribution in [2.45, 2.75) is 17.7 Å². The van der Waals surface area contributed by atoms with Crippen molar-refractivity contribution in [1.29, 1.82) is 0 Å². The molecule has 0 atom stereocenters. The van der Waals surface area contributed by atoms with Crippen LogP contribution in [0.4, 0.5) is 0 Å². The van der Waals surface area contributed by atoms with Crippen LogP contribution in [0.2, 0.25) is 0 Å². The molecule has 0 bridgehead atoms. The second kappa shape index (κ2) is 6.82. The molecule has 1 aliphatic rings. The Bertz CT molecular complexity index is 736. The lowest BCUT2D eigenvalue weighted by Gasteiger charge is -2.31. The highest BCUT2D eigenvalue weighted by Gasteiger charge is 2.31. The van der Waals surface area contributed by atoms with Crippen LogP contribution in [0.1, 0.15) is 12.8 Å². The van der Waals surface area contributed by atoms with Gasteiger partial charge in [0.15, 0.2) is 5.76 Å². The lowest BCUT2D eigenvalue weighted by atomic mass is 9.98. The third-order valence-electron chi connectivity index (χ3n) is 4.27. The molecular weight excluding hydrogens is 314 g/mol. The van der Waals surface area contributed by atoms with Gasteiger partial charge in [0.25, 0.3) is 0 Å². The topological polar surface area (TPSA) is 75.4 Å². The molecule has 124 valence electrons. The third kappa shape index (κ3) is 3.31. The molecule has 1 fully saturated rings. The summed E-state index contributed by atoms with van der Waals surface area (Å²) in [5.41, 5.74) is 0.558. The molecule has 0 spiro atoms. The van der Waals surface area contributed by atoms with Gasteiger partial charge in [-0.05, 0) is 44.5 Å². The maximum absolute atomic E-state index is 13.0. The minimum absolute atomic E-state index is 0.281. The third-order valence-corrected chi connectivity index (χ3v) is 6.23. The van der Waals surface area contributed by atoms with Gasteiger partial charge in [-0.15, -0.1) is 0 Å². The standard InChI is InChI=1S/C16H21N3O3S/c1-17-12-13-7-10-19(11-8-13)23(20,21)16-5-3-2-4-14(16)15-6-9-18-22-15/h2-6,9,13,17H,7-8,10-12H2,1H3. The van der Waals surface area contributed by atoms with Crippen LogP contribution in [-0.4, -0.2) is 44.6 Å². The van der Waals surface area contributed by atoms with Crippen LogP contribution in [0.5, 0.6) is 0 Å². The highest BCUT2D eigenvalue weighted by atomic mass is 32.2. The zero-order valence-electron chi connectivity index (χ0n) is 13.1.